The summed E-state index contributed by atoms with van der Waals surface area (Å²) in [5.41, 5.74) is 1.80. The molecule has 2 saturated heterocycles. The number of carbonyl (C=O) groups excluding carboxylic acids is 1. The van der Waals surface area contributed by atoms with Crippen LogP contribution in [0.1, 0.15) is 24.6 Å². The molecular weight excluding hydrogens is 292 g/mol. The number of hydrogen-bond acceptors (Lipinski definition) is 4. The van der Waals surface area contributed by atoms with Gasteiger partial charge in [-0.2, -0.15) is 5.10 Å². The quantitative estimate of drug-likeness (QED) is 0.852. The standard InChI is InChI=1S/C14H21ClN4O2/c1-4-11-10(12(15)18(3)16-11)7-19-6-5-14(9-19)8-17(2)13(20)21-14/h4-9H2,1-3H3/t14-/m1/s1. The van der Waals surface area contributed by atoms with Crippen LogP contribution >= 0.6 is 11.6 Å². The highest BCUT2D eigenvalue weighted by molar-refractivity contribution is 6.30. The lowest BCUT2D eigenvalue weighted by Crippen LogP contribution is -2.37. The number of rotatable bonds is 3. The number of hydrogen-bond donors (Lipinski definition) is 0. The molecule has 2 aliphatic rings. The largest absolute Gasteiger partial charge is 0.439 e. The van der Waals surface area contributed by atoms with E-state index in [2.05, 4.69) is 16.9 Å². The van der Waals surface area contributed by atoms with Gasteiger partial charge >= 0.3 is 6.09 Å². The third-order valence-corrected chi connectivity index (χ3v) is 4.88. The fourth-order valence-electron chi connectivity index (χ4n) is 3.33. The molecule has 1 aromatic rings. The summed E-state index contributed by atoms with van der Waals surface area (Å²) in [6.45, 7) is 5.19. The maximum Gasteiger partial charge on any atom is 0.410 e. The van der Waals surface area contributed by atoms with Gasteiger partial charge in [0.15, 0.2) is 0 Å². The maximum absolute atomic E-state index is 11.6. The van der Waals surface area contributed by atoms with Crippen molar-refractivity contribution in [3.05, 3.63) is 16.4 Å². The number of amides is 1. The molecule has 0 bridgehead atoms. The number of likely N-dealkylation sites (tertiary alicyclic amines) is 1. The number of carbonyl (C=O) groups is 1. The van der Waals surface area contributed by atoms with E-state index in [1.54, 1.807) is 16.6 Å². The zero-order chi connectivity index (χ0) is 15.2. The van der Waals surface area contributed by atoms with Crippen LogP contribution in [0.15, 0.2) is 0 Å². The number of likely N-dealkylation sites (N-methyl/N-ethyl adjacent to an activating group) is 1. The molecule has 3 rings (SSSR count). The van der Waals surface area contributed by atoms with Gasteiger partial charge < -0.3 is 9.64 Å². The lowest BCUT2D eigenvalue weighted by atomic mass is 10.0. The Hall–Kier alpha value is -1.27. The van der Waals surface area contributed by atoms with Crippen molar-refractivity contribution in [3.8, 4) is 0 Å². The van der Waals surface area contributed by atoms with Crippen LogP contribution in [-0.4, -0.2) is 58.0 Å². The van der Waals surface area contributed by atoms with Gasteiger partial charge in [-0.3, -0.25) is 9.58 Å². The van der Waals surface area contributed by atoms with Crippen molar-refractivity contribution in [1.29, 1.82) is 0 Å². The first kappa shape index (κ1) is 14.7. The van der Waals surface area contributed by atoms with Gasteiger partial charge in [0.25, 0.3) is 0 Å². The van der Waals surface area contributed by atoms with E-state index in [-0.39, 0.29) is 11.7 Å². The third-order valence-electron chi connectivity index (χ3n) is 4.41. The van der Waals surface area contributed by atoms with Crippen LogP contribution in [0.25, 0.3) is 0 Å². The van der Waals surface area contributed by atoms with E-state index in [0.717, 1.165) is 43.7 Å². The van der Waals surface area contributed by atoms with Gasteiger partial charge in [0, 0.05) is 45.7 Å². The molecule has 0 aromatic carbocycles. The number of aromatic nitrogens is 2. The second-order valence-corrected chi connectivity index (χ2v) is 6.42. The van der Waals surface area contributed by atoms with Gasteiger partial charge in [0.2, 0.25) is 0 Å². The van der Waals surface area contributed by atoms with Crippen LogP contribution in [0, 0.1) is 0 Å². The molecule has 0 N–H and O–H groups in total. The van der Waals surface area contributed by atoms with Gasteiger partial charge in [0.1, 0.15) is 10.8 Å². The molecule has 0 aliphatic carbocycles. The first-order valence-electron chi connectivity index (χ1n) is 7.31. The summed E-state index contributed by atoms with van der Waals surface area (Å²) in [5.74, 6) is 0. The van der Waals surface area contributed by atoms with E-state index >= 15 is 0 Å². The third kappa shape index (κ3) is 2.51. The first-order valence-corrected chi connectivity index (χ1v) is 7.68. The monoisotopic (exact) mass is 312 g/mol. The van der Waals surface area contributed by atoms with E-state index in [4.69, 9.17) is 16.3 Å². The Labute approximate surface area is 129 Å². The predicted octanol–water partition coefficient (Wildman–Crippen LogP) is 1.66. The molecule has 21 heavy (non-hydrogen) atoms. The molecule has 0 saturated carbocycles. The Kier molecular flexibility index (Phi) is 3.61. The van der Waals surface area contributed by atoms with Crippen molar-refractivity contribution in [2.24, 2.45) is 7.05 Å². The van der Waals surface area contributed by atoms with Gasteiger partial charge in [0.05, 0.1) is 12.2 Å². The molecule has 7 heteroatoms. The lowest BCUT2D eigenvalue weighted by Gasteiger charge is -2.21. The zero-order valence-corrected chi connectivity index (χ0v) is 13.5. The molecule has 2 aliphatic heterocycles. The second-order valence-electron chi connectivity index (χ2n) is 6.06. The van der Waals surface area contributed by atoms with E-state index in [0.29, 0.717) is 11.7 Å². The van der Waals surface area contributed by atoms with Crippen molar-refractivity contribution >= 4 is 17.7 Å². The lowest BCUT2D eigenvalue weighted by molar-refractivity contribution is 0.0627. The smallest absolute Gasteiger partial charge is 0.410 e. The average molecular weight is 313 g/mol. The molecule has 1 aromatic heterocycles. The molecule has 1 amide bonds. The summed E-state index contributed by atoms with van der Waals surface area (Å²) < 4.78 is 7.30. The van der Waals surface area contributed by atoms with Crippen LogP contribution in [0.5, 0.6) is 0 Å². The maximum atomic E-state index is 11.6. The topological polar surface area (TPSA) is 50.6 Å². The van der Waals surface area contributed by atoms with Gasteiger partial charge in [-0.05, 0) is 6.42 Å². The molecular formula is C14H21ClN4O2. The Morgan fingerprint density at radius 3 is 2.76 bits per heavy atom. The minimum Gasteiger partial charge on any atom is -0.439 e. The summed E-state index contributed by atoms with van der Waals surface area (Å²) in [4.78, 5) is 15.6. The van der Waals surface area contributed by atoms with Crippen molar-refractivity contribution in [3.63, 3.8) is 0 Å². The molecule has 2 fully saturated rings. The predicted molar refractivity (Wildman–Crippen MR) is 79.3 cm³/mol. The van der Waals surface area contributed by atoms with Crippen molar-refractivity contribution in [1.82, 2.24) is 19.6 Å². The summed E-state index contributed by atoms with van der Waals surface area (Å²) >= 11 is 6.35. The van der Waals surface area contributed by atoms with Crippen LogP contribution < -0.4 is 0 Å². The van der Waals surface area contributed by atoms with Gasteiger partial charge in [-0.25, -0.2) is 4.79 Å². The Bertz CT molecular complexity index is 574. The molecule has 3 heterocycles. The van der Waals surface area contributed by atoms with E-state index in [9.17, 15) is 4.79 Å². The Morgan fingerprint density at radius 1 is 1.38 bits per heavy atom. The number of halogens is 1. The van der Waals surface area contributed by atoms with Crippen LogP contribution in [0.4, 0.5) is 4.79 Å². The van der Waals surface area contributed by atoms with Gasteiger partial charge in [-0.1, -0.05) is 18.5 Å². The van der Waals surface area contributed by atoms with Crippen LogP contribution in [-0.2, 0) is 24.8 Å². The number of ether oxygens (including phenoxy) is 1. The van der Waals surface area contributed by atoms with Crippen LogP contribution in [0.2, 0.25) is 5.15 Å². The normalized spacial score (nSPS) is 26.1. The van der Waals surface area contributed by atoms with E-state index < -0.39 is 0 Å². The molecule has 6 nitrogen and oxygen atoms in total. The summed E-state index contributed by atoms with van der Waals surface area (Å²) in [6, 6.07) is 0. The highest BCUT2D eigenvalue weighted by Crippen LogP contribution is 2.33. The first-order chi connectivity index (χ1) is 9.94. The molecule has 0 unspecified atom stereocenters. The van der Waals surface area contributed by atoms with Gasteiger partial charge in [-0.15, -0.1) is 0 Å². The minimum absolute atomic E-state index is 0.217. The molecule has 0 radical (unpaired) electrons. The fraction of sp³-hybridized carbons (Fsp3) is 0.714. The van der Waals surface area contributed by atoms with E-state index in [1.165, 1.54) is 0 Å². The second kappa shape index (κ2) is 5.18. The SMILES string of the molecule is CCc1nn(C)c(Cl)c1CN1CC[C@]2(C1)CN(C)C(=O)O2. The zero-order valence-electron chi connectivity index (χ0n) is 12.7. The fourth-order valence-corrected chi connectivity index (χ4v) is 3.54. The number of nitrogens with zero attached hydrogens (tertiary/aromatic N) is 4. The summed E-state index contributed by atoms with van der Waals surface area (Å²) in [6.07, 6.45) is 1.53. The highest BCUT2D eigenvalue weighted by atomic mass is 35.5. The Balaban J connectivity index is 1.72. The van der Waals surface area contributed by atoms with Crippen molar-refractivity contribution < 1.29 is 9.53 Å². The highest BCUT2D eigenvalue weighted by Gasteiger charge is 2.48. The number of aryl methyl sites for hydroxylation is 2. The van der Waals surface area contributed by atoms with Crippen LogP contribution in [0.3, 0.4) is 0 Å². The summed E-state index contributed by atoms with van der Waals surface area (Å²) in [7, 11) is 3.65. The van der Waals surface area contributed by atoms with Crippen molar-refractivity contribution in [2.45, 2.75) is 31.9 Å². The molecule has 1 atom stereocenters. The summed E-state index contributed by atoms with van der Waals surface area (Å²) in [5, 5.41) is 5.15. The average Bonchev–Trinajstić information content (AvgIpc) is 3.04. The molecule has 1 spiro atoms. The minimum atomic E-state index is -0.340. The van der Waals surface area contributed by atoms with E-state index in [1.807, 2.05) is 7.05 Å². The molecule has 116 valence electrons. The Morgan fingerprint density at radius 2 is 2.14 bits per heavy atom. The van der Waals surface area contributed by atoms with Crippen molar-refractivity contribution in [2.75, 3.05) is 26.7 Å².